The molecule has 4 aliphatic carbocycles. The lowest BCUT2D eigenvalue weighted by Gasteiger charge is -2.55. The molecule has 0 aromatic heterocycles. The molecule has 21 heavy (non-hydrogen) atoms. The van der Waals surface area contributed by atoms with Gasteiger partial charge in [-0.1, -0.05) is 42.7 Å². The Kier molecular flexibility index (Phi) is 2.97. The lowest BCUT2D eigenvalue weighted by atomic mass is 9.49. The van der Waals surface area contributed by atoms with Crippen LogP contribution in [0.2, 0.25) is 0 Å². The monoisotopic (exact) mass is 278 g/mol. The Labute approximate surface area is 129 Å². The van der Waals surface area contributed by atoms with Crippen molar-refractivity contribution in [2.75, 3.05) is 0 Å². The van der Waals surface area contributed by atoms with E-state index in [2.05, 4.69) is 31.6 Å². The molecule has 0 heteroatoms. The first-order valence-corrected chi connectivity index (χ1v) is 8.69. The van der Waals surface area contributed by atoms with Gasteiger partial charge >= 0.3 is 0 Å². The molecule has 0 aliphatic heterocycles. The van der Waals surface area contributed by atoms with Crippen LogP contribution in [0, 0.1) is 41.4 Å². The van der Waals surface area contributed by atoms with Crippen molar-refractivity contribution in [3.63, 3.8) is 0 Å². The van der Waals surface area contributed by atoms with Gasteiger partial charge in [-0.3, -0.25) is 0 Å². The first-order valence-electron chi connectivity index (χ1n) is 8.69. The summed E-state index contributed by atoms with van der Waals surface area (Å²) in [5.41, 5.74) is 4.84. The van der Waals surface area contributed by atoms with E-state index >= 15 is 0 Å². The summed E-state index contributed by atoms with van der Waals surface area (Å²) in [5, 5.41) is 0. The second kappa shape index (κ2) is 4.64. The highest BCUT2D eigenvalue weighted by Crippen LogP contribution is 2.61. The Bertz CT molecular complexity index is 582. The summed E-state index contributed by atoms with van der Waals surface area (Å²) in [5.74, 6) is 6.31. The van der Waals surface area contributed by atoms with Gasteiger partial charge in [-0.25, -0.2) is 0 Å². The minimum atomic E-state index is 0.452. The predicted octanol–water partition coefficient (Wildman–Crippen LogP) is 5.28. The molecule has 2 saturated carbocycles. The fraction of sp³-hybridized carbons (Fsp3) is 0.619. The van der Waals surface area contributed by atoms with E-state index in [9.17, 15) is 0 Å². The molecule has 0 N–H and O–H groups in total. The van der Waals surface area contributed by atoms with E-state index < -0.39 is 0 Å². The molecular weight excluding hydrogens is 252 g/mol. The third kappa shape index (κ3) is 1.83. The summed E-state index contributed by atoms with van der Waals surface area (Å²) in [6, 6.07) is 0. The Morgan fingerprint density at radius 1 is 1.24 bits per heavy atom. The summed E-state index contributed by atoms with van der Waals surface area (Å²) >= 11 is 0. The van der Waals surface area contributed by atoms with Crippen molar-refractivity contribution in [1.29, 1.82) is 0 Å². The van der Waals surface area contributed by atoms with Gasteiger partial charge < -0.3 is 0 Å². The standard InChI is InChI=1S/C21H26/c1-4-15-5-7-18-17(15)9-10-20-19(18)8-6-16-13-14(2)11-12-21(16,20)3/h1,5,13,17-20H,2,6-12H2,3H3. The van der Waals surface area contributed by atoms with E-state index in [1.165, 1.54) is 56.1 Å². The second-order valence-electron chi connectivity index (χ2n) is 7.94. The molecule has 0 aromatic rings. The maximum Gasteiger partial charge on any atom is 0.00118 e. The number of hydrogen-bond donors (Lipinski definition) is 0. The molecule has 4 aliphatic rings. The first kappa shape index (κ1) is 13.4. The van der Waals surface area contributed by atoms with Crippen LogP contribution in [0.3, 0.4) is 0 Å². The average Bonchev–Trinajstić information content (AvgIpc) is 2.91. The van der Waals surface area contributed by atoms with Crippen molar-refractivity contribution < 1.29 is 0 Å². The predicted molar refractivity (Wildman–Crippen MR) is 88.5 cm³/mol. The Balaban J connectivity index is 1.65. The van der Waals surface area contributed by atoms with Crippen LogP contribution in [0.25, 0.3) is 0 Å². The molecule has 0 nitrogen and oxygen atoms in total. The van der Waals surface area contributed by atoms with Gasteiger partial charge in [-0.15, -0.1) is 6.42 Å². The molecule has 110 valence electrons. The zero-order valence-corrected chi connectivity index (χ0v) is 13.2. The summed E-state index contributed by atoms with van der Waals surface area (Å²) in [7, 11) is 0. The minimum Gasteiger partial charge on any atom is -0.115 e. The van der Waals surface area contributed by atoms with E-state index in [1.54, 1.807) is 5.57 Å². The van der Waals surface area contributed by atoms with Crippen LogP contribution >= 0.6 is 0 Å². The van der Waals surface area contributed by atoms with Gasteiger partial charge in [0.25, 0.3) is 0 Å². The largest absolute Gasteiger partial charge is 0.115 e. The van der Waals surface area contributed by atoms with Crippen molar-refractivity contribution in [3.05, 3.63) is 35.5 Å². The van der Waals surface area contributed by atoms with Crippen LogP contribution in [0.5, 0.6) is 0 Å². The Hall–Kier alpha value is -1.22. The molecule has 0 radical (unpaired) electrons. The van der Waals surface area contributed by atoms with Crippen molar-refractivity contribution in [1.82, 2.24) is 0 Å². The van der Waals surface area contributed by atoms with Gasteiger partial charge in [0.15, 0.2) is 0 Å². The van der Waals surface area contributed by atoms with Crippen LogP contribution < -0.4 is 0 Å². The van der Waals surface area contributed by atoms with E-state index in [4.69, 9.17) is 6.42 Å². The van der Waals surface area contributed by atoms with Gasteiger partial charge in [-0.05, 0) is 74.0 Å². The Morgan fingerprint density at radius 3 is 2.90 bits per heavy atom. The van der Waals surface area contributed by atoms with Gasteiger partial charge in [0.1, 0.15) is 0 Å². The molecule has 0 bridgehead atoms. The van der Waals surface area contributed by atoms with Crippen LogP contribution in [0.4, 0.5) is 0 Å². The van der Waals surface area contributed by atoms with Crippen molar-refractivity contribution in [3.8, 4) is 12.3 Å². The van der Waals surface area contributed by atoms with E-state index in [-0.39, 0.29) is 0 Å². The highest BCUT2D eigenvalue weighted by Gasteiger charge is 2.52. The molecular formula is C21H26. The van der Waals surface area contributed by atoms with Gasteiger partial charge in [-0.2, -0.15) is 0 Å². The third-order valence-electron chi connectivity index (χ3n) is 7.19. The number of rotatable bonds is 0. The third-order valence-corrected chi connectivity index (χ3v) is 7.19. The molecule has 0 amide bonds. The lowest BCUT2D eigenvalue weighted by molar-refractivity contribution is 0.00766. The maximum absolute atomic E-state index is 5.72. The molecule has 0 saturated heterocycles. The van der Waals surface area contributed by atoms with E-state index in [0.29, 0.717) is 11.3 Å². The normalized spacial score (nSPS) is 44.9. The zero-order chi connectivity index (χ0) is 14.6. The molecule has 2 fully saturated rings. The molecule has 0 spiro atoms. The summed E-state index contributed by atoms with van der Waals surface area (Å²) in [6.07, 6.45) is 19.7. The highest BCUT2D eigenvalue weighted by molar-refractivity contribution is 5.36. The SMILES string of the molecule is C#CC1=CCC2C1CCC1C2CCC2=CC(=C)CCC21C. The van der Waals surface area contributed by atoms with Crippen molar-refractivity contribution >= 4 is 0 Å². The second-order valence-corrected chi connectivity index (χ2v) is 7.94. The van der Waals surface area contributed by atoms with E-state index in [1.807, 2.05) is 0 Å². The topological polar surface area (TPSA) is 0 Å². The van der Waals surface area contributed by atoms with Crippen LogP contribution in [0.15, 0.2) is 35.5 Å². The Morgan fingerprint density at radius 2 is 2.10 bits per heavy atom. The van der Waals surface area contributed by atoms with Gasteiger partial charge in [0.2, 0.25) is 0 Å². The molecule has 4 rings (SSSR count). The molecule has 0 heterocycles. The molecule has 5 unspecified atom stereocenters. The van der Waals surface area contributed by atoms with E-state index in [0.717, 1.165) is 17.8 Å². The smallest absolute Gasteiger partial charge is 0.00118 e. The van der Waals surface area contributed by atoms with Crippen LogP contribution in [-0.4, -0.2) is 0 Å². The van der Waals surface area contributed by atoms with Crippen molar-refractivity contribution in [2.45, 2.75) is 51.9 Å². The number of allylic oxidation sites excluding steroid dienone is 5. The summed E-state index contributed by atoms with van der Waals surface area (Å²) in [6.45, 7) is 6.76. The average molecular weight is 278 g/mol. The number of terminal acetylenes is 1. The fourth-order valence-electron chi connectivity index (χ4n) is 6.06. The fourth-order valence-corrected chi connectivity index (χ4v) is 6.06. The minimum absolute atomic E-state index is 0.452. The first-order chi connectivity index (χ1) is 10.1. The lowest BCUT2D eigenvalue weighted by Crippen LogP contribution is -2.46. The molecule has 5 atom stereocenters. The van der Waals surface area contributed by atoms with Crippen LogP contribution in [0.1, 0.15) is 51.9 Å². The molecule has 0 aromatic carbocycles. The summed E-state index contributed by atoms with van der Waals surface area (Å²) < 4.78 is 0. The van der Waals surface area contributed by atoms with Gasteiger partial charge in [0.05, 0.1) is 0 Å². The quantitative estimate of drug-likeness (QED) is 0.528. The highest BCUT2D eigenvalue weighted by atomic mass is 14.6. The van der Waals surface area contributed by atoms with Crippen LogP contribution in [-0.2, 0) is 0 Å². The van der Waals surface area contributed by atoms with Crippen molar-refractivity contribution in [2.24, 2.45) is 29.1 Å². The summed E-state index contributed by atoms with van der Waals surface area (Å²) in [4.78, 5) is 0. The number of fused-ring (bicyclic) bond motifs is 5. The zero-order valence-electron chi connectivity index (χ0n) is 13.2. The maximum atomic E-state index is 5.72. The number of hydrogen-bond acceptors (Lipinski definition) is 0. The van der Waals surface area contributed by atoms with Gasteiger partial charge in [0, 0.05) is 5.57 Å².